The Labute approximate surface area is 259 Å². The first-order valence-corrected chi connectivity index (χ1v) is 15.1. The van der Waals surface area contributed by atoms with Crippen LogP contribution >= 0.6 is 11.3 Å². The smallest absolute Gasteiger partial charge is 0.396 e. The molecule has 6 aromatic rings. The molecule has 0 unspecified atom stereocenters. The summed E-state index contributed by atoms with van der Waals surface area (Å²) >= 11 is 1.42. The number of oxime groups is 1. The number of aryl methyl sites for hydroxylation is 1. The number of nitrogens with zero attached hydrogens (tertiary/aromatic N) is 4. The molecule has 0 aliphatic heterocycles. The summed E-state index contributed by atoms with van der Waals surface area (Å²) in [5, 5.41) is 8.43. The third-order valence-electron chi connectivity index (χ3n) is 7.31. The molecule has 0 atom stereocenters. The van der Waals surface area contributed by atoms with Gasteiger partial charge in [-0.15, -0.1) is 11.3 Å². The van der Waals surface area contributed by atoms with Crippen molar-refractivity contribution in [2.45, 2.75) is 33.4 Å². The second-order valence-electron chi connectivity index (χ2n) is 10.2. The molecule has 1 N–H and O–H groups in total. The van der Waals surface area contributed by atoms with Gasteiger partial charge in [0.2, 0.25) is 0 Å². The second kappa shape index (κ2) is 12.7. The van der Waals surface area contributed by atoms with Gasteiger partial charge in [0.25, 0.3) is 5.56 Å². The monoisotopic (exact) mass is 625 g/mol. The van der Waals surface area contributed by atoms with Gasteiger partial charge in [-0.3, -0.25) is 23.4 Å². The van der Waals surface area contributed by atoms with Gasteiger partial charge in [0.1, 0.15) is 23.0 Å². The first-order chi connectivity index (χ1) is 21.9. The van der Waals surface area contributed by atoms with Crippen LogP contribution in [0.25, 0.3) is 32.7 Å². The Hall–Kier alpha value is -5.36. The summed E-state index contributed by atoms with van der Waals surface area (Å²) in [6.07, 6.45) is 0.713. The average molecular weight is 626 g/mol. The van der Waals surface area contributed by atoms with Gasteiger partial charge < -0.3 is 4.84 Å². The van der Waals surface area contributed by atoms with Crippen LogP contribution in [0.2, 0.25) is 0 Å². The van der Waals surface area contributed by atoms with E-state index in [0.717, 1.165) is 26.1 Å². The summed E-state index contributed by atoms with van der Waals surface area (Å²) in [5.74, 6) is -0.724. The van der Waals surface area contributed by atoms with Gasteiger partial charge in [0, 0.05) is 16.0 Å². The number of H-pyrrole nitrogens is 1. The number of benzene rings is 3. The van der Waals surface area contributed by atoms with E-state index >= 15 is 0 Å². The number of aromatic nitrogens is 4. The van der Waals surface area contributed by atoms with Gasteiger partial charge in [-0.2, -0.15) is 0 Å². The Bertz CT molecular complexity index is 2190. The molecular formula is C33H28FN5O5S. The molecule has 0 spiro atoms. The molecule has 0 bridgehead atoms. The standard InChI is InChI=1S/C33H28FN5O5S/c1-3-24-17-27-30(40)38(19-28(36-43-4-2)22-13-15-23(34)16-14-22)33(42)39(31(27)45-24)18-20-9-11-21(12-10-20)25-7-5-6-8-26(25)29-35-32(41)44-37-29/h5-17H,3-4,18-19H2,1-2H3,(H,35,37,41). The van der Waals surface area contributed by atoms with Gasteiger partial charge in [-0.1, -0.05) is 77.9 Å². The Kier molecular flexibility index (Phi) is 8.39. The van der Waals surface area contributed by atoms with Crippen LogP contribution in [-0.4, -0.2) is 31.6 Å². The maximum absolute atomic E-state index is 14.0. The predicted molar refractivity (Wildman–Crippen MR) is 171 cm³/mol. The number of nitrogens with one attached hydrogen (secondary N) is 1. The lowest BCUT2D eigenvalue weighted by Crippen LogP contribution is -2.41. The molecule has 3 aromatic heterocycles. The summed E-state index contributed by atoms with van der Waals surface area (Å²) in [7, 11) is 0. The van der Waals surface area contributed by atoms with Crippen molar-refractivity contribution in [1.82, 2.24) is 19.3 Å². The van der Waals surface area contributed by atoms with Crippen LogP contribution in [-0.2, 0) is 24.3 Å². The zero-order valence-electron chi connectivity index (χ0n) is 24.5. The Morgan fingerprint density at radius 3 is 2.38 bits per heavy atom. The molecule has 0 aliphatic rings. The van der Waals surface area contributed by atoms with Crippen LogP contribution in [0.3, 0.4) is 0 Å². The van der Waals surface area contributed by atoms with Crippen LogP contribution in [0.5, 0.6) is 0 Å². The van der Waals surface area contributed by atoms with Crippen molar-refractivity contribution < 1.29 is 13.8 Å². The quantitative estimate of drug-likeness (QED) is 0.160. The van der Waals surface area contributed by atoms with Crippen molar-refractivity contribution in [2.24, 2.45) is 5.16 Å². The molecule has 3 aromatic carbocycles. The number of hydrogen-bond donors (Lipinski definition) is 1. The number of rotatable bonds is 10. The highest BCUT2D eigenvalue weighted by Crippen LogP contribution is 2.30. The van der Waals surface area contributed by atoms with Gasteiger partial charge >= 0.3 is 11.4 Å². The van der Waals surface area contributed by atoms with Crippen LogP contribution in [0.1, 0.15) is 29.9 Å². The highest BCUT2D eigenvalue weighted by molar-refractivity contribution is 7.18. The molecule has 0 saturated carbocycles. The van der Waals surface area contributed by atoms with Crippen LogP contribution in [0.4, 0.5) is 4.39 Å². The normalized spacial score (nSPS) is 11.8. The maximum Gasteiger partial charge on any atom is 0.439 e. The van der Waals surface area contributed by atoms with E-state index in [2.05, 4.69) is 15.3 Å². The van der Waals surface area contributed by atoms with Gasteiger partial charge in [0.05, 0.1) is 18.5 Å². The fourth-order valence-corrected chi connectivity index (χ4v) is 6.15. The molecule has 0 aliphatic carbocycles. The summed E-state index contributed by atoms with van der Waals surface area (Å²) < 4.78 is 21.1. The molecule has 0 saturated heterocycles. The Morgan fingerprint density at radius 2 is 1.71 bits per heavy atom. The van der Waals surface area contributed by atoms with E-state index in [1.807, 2.05) is 61.5 Å². The van der Waals surface area contributed by atoms with Crippen molar-refractivity contribution in [3.05, 3.63) is 132 Å². The molecular weight excluding hydrogens is 597 g/mol. The highest BCUT2D eigenvalue weighted by atomic mass is 32.1. The number of hydrogen-bond acceptors (Lipinski definition) is 8. The third kappa shape index (κ3) is 6.04. The van der Waals surface area contributed by atoms with Crippen molar-refractivity contribution >= 4 is 27.3 Å². The first-order valence-electron chi connectivity index (χ1n) is 14.3. The van der Waals surface area contributed by atoms with E-state index in [-0.39, 0.29) is 19.7 Å². The molecule has 0 radical (unpaired) electrons. The molecule has 45 heavy (non-hydrogen) atoms. The lowest BCUT2D eigenvalue weighted by atomic mass is 9.98. The number of fused-ring (bicyclic) bond motifs is 1. The van der Waals surface area contributed by atoms with Crippen LogP contribution < -0.4 is 17.0 Å². The topological polar surface area (TPSA) is 124 Å². The predicted octanol–water partition coefficient (Wildman–Crippen LogP) is 5.43. The lowest BCUT2D eigenvalue weighted by molar-refractivity contribution is 0.158. The fraction of sp³-hybridized carbons (Fsp3) is 0.182. The molecule has 12 heteroatoms. The largest absolute Gasteiger partial charge is 0.439 e. The second-order valence-corrected chi connectivity index (χ2v) is 11.3. The maximum atomic E-state index is 14.0. The number of halogens is 1. The van der Waals surface area contributed by atoms with E-state index in [4.69, 9.17) is 9.36 Å². The summed E-state index contributed by atoms with van der Waals surface area (Å²) in [6.45, 7) is 4.11. The third-order valence-corrected chi connectivity index (χ3v) is 8.61. The van der Waals surface area contributed by atoms with E-state index < -0.39 is 22.8 Å². The zero-order chi connectivity index (χ0) is 31.5. The van der Waals surface area contributed by atoms with Gasteiger partial charge in [-0.25, -0.2) is 14.0 Å². The Morgan fingerprint density at radius 1 is 0.978 bits per heavy atom. The van der Waals surface area contributed by atoms with E-state index in [9.17, 15) is 18.8 Å². The fourth-order valence-electron chi connectivity index (χ4n) is 5.07. The Balaban J connectivity index is 1.40. The van der Waals surface area contributed by atoms with Gasteiger partial charge in [0.15, 0.2) is 5.82 Å². The summed E-state index contributed by atoms with van der Waals surface area (Å²) in [5.41, 5.74) is 3.21. The molecule has 10 nitrogen and oxygen atoms in total. The minimum absolute atomic E-state index is 0.156. The summed E-state index contributed by atoms with van der Waals surface area (Å²) in [4.78, 5) is 48.7. The SMILES string of the molecule is CCON=C(Cn1c(=O)c2cc(CC)sc2n(Cc2ccc(-c3ccccc3-c3noc(=O)[nH]3)cc2)c1=O)c1ccc(F)cc1. The summed E-state index contributed by atoms with van der Waals surface area (Å²) in [6, 6.07) is 22.7. The van der Waals surface area contributed by atoms with Crippen molar-refractivity contribution in [3.63, 3.8) is 0 Å². The lowest BCUT2D eigenvalue weighted by Gasteiger charge is -2.14. The zero-order valence-corrected chi connectivity index (χ0v) is 25.3. The van der Waals surface area contributed by atoms with E-state index in [1.54, 1.807) is 11.5 Å². The molecule has 0 amide bonds. The minimum Gasteiger partial charge on any atom is -0.396 e. The molecule has 0 fully saturated rings. The van der Waals surface area contributed by atoms with Gasteiger partial charge in [-0.05, 0) is 48.2 Å². The number of aromatic amines is 1. The molecule has 3 heterocycles. The molecule has 228 valence electrons. The van der Waals surface area contributed by atoms with Crippen molar-refractivity contribution in [1.29, 1.82) is 0 Å². The van der Waals surface area contributed by atoms with E-state index in [0.29, 0.717) is 39.3 Å². The van der Waals surface area contributed by atoms with E-state index in [1.165, 1.54) is 35.6 Å². The number of thiophene rings is 1. The highest BCUT2D eigenvalue weighted by Gasteiger charge is 2.19. The minimum atomic E-state index is -0.637. The first kappa shape index (κ1) is 29.7. The van der Waals surface area contributed by atoms with Crippen molar-refractivity contribution in [3.8, 4) is 22.5 Å². The van der Waals surface area contributed by atoms with Crippen LogP contribution in [0, 0.1) is 5.82 Å². The molecule has 6 rings (SSSR count). The van der Waals surface area contributed by atoms with Crippen LogP contribution in [0.15, 0.2) is 103 Å². The van der Waals surface area contributed by atoms with Crippen molar-refractivity contribution in [2.75, 3.05) is 6.61 Å². The average Bonchev–Trinajstić information content (AvgIpc) is 3.70.